The minimum Gasteiger partial charge on any atom is -0.394 e. The molecule has 45 heavy (non-hydrogen) atoms. The maximum atomic E-state index is 14.1. The highest BCUT2D eigenvalue weighted by molar-refractivity contribution is 5.97. The molecule has 0 aromatic heterocycles. The fraction of sp³-hybridized carbons (Fsp3) is 0.829. The van der Waals surface area contributed by atoms with Gasteiger partial charge in [-0.15, -0.1) is 0 Å². The number of aliphatic hydroxyl groups excluding tert-OH is 1. The summed E-state index contributed by atoms with van der Waals surface area (Å²) < 4.78 is 0. The molecule has 0 radical (unpaired) electrons. The summed E-state index contributed by atoms with van der Waals surface area (Å²) >= 11 is 0. The third kappa shape index (κ3) is 10.5. The van der Waals surface area contributed by atoms with Gasteiger partial charge >= 0.3 is 0 Å². The molecule has 0 bridgehead atoms. The van der Waals surface area contributed by atoms with E-state index in [1.54, 1.807) is 23.8 Å². The Morgan fingerprint density at radius 1 is 0.911 bits per heavy atom. The summed E-state index contributed by atoms with van der Waals surface area (Å²) in [6, 6.07) is -2.10. The molecule has 2 heterocycles. The van der Waals surface area contributed by atoms with E-state index in [1.807, 2.05) is 54.5 Å². The Morgan fingerprint density at radius 2 is 1.51 bits per heavy atom. The molecule has 2 rings (SSSR count). The molecule has 0 aliphatic carbocycles. The van der Waals surface area contributed by atoms with Gasteiger partial charge in [-0.1, -0.05) is 61.0 Å². The smallest absolute Gasteiger partial charge is 0.249 e. The molecular formula is C35H63N5O5. The Balaban J connectivity index is 2.25. The highest BCUT2D eigenvalue weighted by atomic mass is 16.3. The molecule has 3 N–H and O–H groups in total. The van der Waals surface area contributed by atoms with E-state index in [0.717, 1.165) is 32.2 Å². The zero-order valence-corrected chi connectivity index (χ0v) is 30.0. The molecule has 2 aliphatic heterocycles. The van der Waals surface area contributed by atoms with Gasteiger partial charge < -0.3 is 25.5 Å². The standard InChI is InChI=1S/C35H63N5O5/c1-22(2)19-26(21-41)36-31(42)28-16-14-18-40(28)33(44)25(7)20-29(23(3)4)38(11)34(45)30(35(8,9)10)37-32(43)27-15-12-13-17-39(27)24(5)6/h20,22-24,26-30,41H,12-19,21H2,1-11H3,(H,36,42)(H,37,43)/b25-20+/t26?,27?,28-,29+,30?/m0/s1. The van der Waals surface area contributed by atoms with Gasteiger partial charge in [0.1, 0.15) is 12.1 Å². The Labute approximate surface area is 272 Å². The number of nitrogens with zero attached hydrogens (tertiary/aromatic N) is 3. The molecular weight excluding hydrogens is 570 g/mol. The van der Waals surface area contributed by atoms with Crippen molar-refractivity contribution in [1.82, 2.24) is 25.3 Å². The van der Waals surface area contributed by atoms with Crippen LogP contribution in [0.3, 0.4) is 0 Å². The summed E-state index contributed by atoms with van der Waals surface area (Å²) in [5.74, 6) is -0.462. The lowest BCUT2D eigenvalue weighted by molar-refractivity contribution is -0.142. The number of hydrogen-bond acceptors (Lipinski definition) is 6. The van der Waals surface area contributed by atoms with Crippen LogP contribution in [0.15, 0.2) is 11.6 Å². The highest BCUT2D eigenvalue weighted by Gasteiger charge is 2.40. The first-order valence-electron chi connectivity index (χ1n) is 17.1. The zero-order chi connectivity index (χ0) is 34.2. The number of rotatable bonds is 13. The number of piperidine rings is 1. The molecule has 10 heteroatoms. The Morgan fingerprint density at radius 3 is 2.04 bits per heavy atom. The number of aliphatic hydroxyl groups is 1. The largest absolute Gasteiger partial charge is 0.394 e. The van der Waals surface area contributed by atoms with Crippen LogP contribution in [0.25, 0.3) is 0 Å². The monoisotopic (exact) mass is 633 g/mol. The lowest BCUT2D eigenvalue weighted by Gasteiger charge is -2.41. The van der Waals surface area contributed by atoms with Gasteiger partial charge in [-0.2, -0.15) is 0 Å². The van der Waals surface area contributed by atoms with Crippen molar-refractivity contribution in [3.05, 3.63) is 11.6 Å². The molecule has 0 spiro atoms. The number of carbonyl (C=O) groups is 4. The molecule has 258 valence electrons. The van der Waals surface area contributed by atoms with Gasteiger partial charge in [-0.25, -0.2) is 0 Å². The fourth-order valence-electron chi connectivity index (χ4n) is 6.72. The van der Waals surface area contributed by atoms with Crippen LogP contribution in [0.4, 0.5) is 0 Å². The number of carbonyl (C=O) groups excluding carboxylic acids is 4. The second-order valence-electron chi connectivity index (χ2n) is 15.4. The first-order valence-corrected chi connectivity index (χ1v) is 17.1. The van der Waals surface area contributed by atoms with Crippen molar-refractivity contribution in [2.75, 3.05) is 26.7 Å². The number of nitrogens with one attached hydrogen (secondary N) is 2. The lowest BCUT2D eigenvalue weighted by Crippen LogP contribution is -2.60. The van der Waals surface area contributed by atoms with E-state index in [2.05, 4.69) is 29.4 Å². The first-order chi connectivity index (χ1) is 20.9. The van der Waals surface area contributed by atoms with E-state index >= 15 is 0 Å². The third-order valence-corrected chi connectivity index (χ3v) is 9.28. The van der Waals surface area contributed by atoms with Crippen LogP contribution in [0.1, 0.15) is 108 Å². The summed E-state index contributed by atoms with van der Waals surface area (Å²) in [7, 11) is 1.74. The van der Waals surface area contributed by atoms with Gasteiger partial charge in [0, 0.05) is 25.2 Å². The zero-order valence-electron chi connectivity index (χ0n) is 30.0. The van der Waals surface area contributed by atoms with Crippen molar-refractivity contribution in [2.24, 2.45) is 17.3 Å². The van der Waals surface area contributed by atoms with Crippen LogP contribution in [0.2, 0.25) is 0 Å². The summed E-state index contributed by atoms with van der Waals surface area (Å²) in [5, 5.41) is 15.8. The molecule has 2 fully saturated rings. The van der Waals surface area contributed by atoms with Gasteiger partial charge in [0.25, 0.3) is 0 Å². The third-order valence-electron chi connectivity index (χ3n) is 9.28. The molecule has 3 unspecified atom stereocenters. The van der Waals surface area contributed by atoms with Gasteiger partial charge in [0.2, 0.25) is 23.6 Å². The molecule has 0 aromatic carbocycles. The maximum Gasteiger partial charge on any atom is 0.249 e. The Kier molecular flexibility index (Phi) is 14.6. The van der Waals surface area contributed by atoms with Crippen molar-refractivity contribution in [3.8, 4) is 0 Å². The molecule has 2 saturated heterocycles. The van der Waals surface area contributed by atoms with E-state index < -0.39 is 23.5 Å². The quantitative estimate of drug-likeness (QED) is 0.266. The number of hydrogen-bond donors (Lipinski definition) is 3. The van der Waals surface area contributed by atoms with Crippen molar-refractivity contribution in [3.63, 3.8) is 0 Å². The van der Waals surface area contributed by atoms with Crippen LogP contribution in [0, 0.1) is 17.3 Å². The van der Waals surface area contributed by atoms with Crippen molar-refractivity contribution in [2.45, 2.75) is 144 Å². The first kappa shape index (κ1) is 38.7. The Bertz CT molecular complexity index is 1050. The summed E-state index contributed by atoms with van der Waals surface area (Å²) in [6.45, 7) is 21.1. The summed E-state index contributed by atoms with van der Waals surface area (Å²) in [4.78, 5) is 60.1. The van der Waals surface area contributed by atoms with E-state index in [9.17, 15) is 24.3 Å². The second kappa shape index (κ2) is 16.9. The van der Waals surface area contributed by atoms with E-state index in [1.165, 1.54) is 0 Å². The van der Waals surface area contributed by atoms with E-state index in [-0.39, 0.29) is 54.3 Å². The van der Waals surface area contributed by atoms with Crippen molar-refractivity contribution in [1.29, 1.82) is 0 Å². The summed E-state index contributed by atoms with van der Waals surface area (Å²) in [6.07, 6.45) is 6.61. The number of likely N-dealkylation sites (tertiary alicyclic amines) is 2. The van der Waals surface area contributed by atoms with E-state index in [4.69, 9.17) is 0 Å². The molecule has 0 saturated carbocycles. The van der Waals surface area contributed by atoms with Crippen LogP contribution < -0.4 is 10.6 Å². The van der Waals surface area contributed by atoms with Crippen molar-refractivity contribution < 1.29 is 24.3 Å². The second-order valence-corrected chi connectivity index (χ2v) is 15.4. The molecule has 5 atom stereocenters. The SMILES string of the molecule is C/C(=C\[C@H](C(C)C)N(C)C(=O)C(NC(=O)C1CCCCN1C(C)C)C(C)(C)C)C(=O)N1CCC[C@H]1C(=O)NC(CO)CC(C)C. The van der Waals surface area contributed by atoms with Crippen LogP contribution in [0.5, 0.6) is 0 Å². The highest BCUT2D eigenvalue weighted by Crippen LogP contribution is 2.27. The van der Waals surface area contributed by atoms with Crippen molar-refractivity contribution >= 4 is 23.6 Å². The van der Waals surface area contributed by atoms with Gasteiger partial charge in [0.05, 0.1) is 24.7 Å². The fourth-order valence-corrected chi connectivity index (χ4v) is 6.72. The topological polar surface area (TPSA) is 122 Å². The maximum absolute atomic E-state index is 14.1. The van der Waals surface area contributed by atoms with Gasteiger partial charge in [0.15, 0.2) is 0 Å². The molecule has 10 nitrogen and oxygen atoms in total. The minimum absolute atomic E-state index is 0.00758. The lowest BCUT2D eigenvalue weighted by atomic mass is 9.84. The van der Waals surface area contributed by atoms with Crippen LogP contribution in [-0.2, 0) is 19.2 Å². The van der Waals surface area contributed by atoms with Crippen LogP contribution >= 0.6 is 0 Å². The van der Waals surface area contributed by atoms with Gasteiger partial charge in [-0.3, -0.25) is 24.1 Å². The number of amides is 4. The number of likely N-dealkylation sites (N-methyl/N-ethyl adjacent to an activating group) is 1. The summed E-state index contributed by atoms with van der Waals surface area (Å²) in [5.41, 5.74) is -0.0629. The normalized spacial score (nSPS) is 22.0. The average molecular weight is 634 g/mol. The average Bonchev–Trinajstić information content (AvgIpc) is 3.46. The molecule has 2 aliphatic rings. The molecule has 4 amide bonds. The van der Waals surface area contributed by atoms with Crippen LogP contribution in [-0.4, -0.2) is 106 Å². The Hall–Kier alpha value is -2.46. The predicted octanol–water partition coefficient (Wildman–Crippen LogP) is 3.72. The van der Waals surface area contributed by atoms with E-state index in [0.29, 0.717) is 30.9 Å². The minimum atomic E-state index is -0.742. The molecule has 0 aromatic rings. The van der Waals surface area contributed by atoms with Gasteiger partial charge in [-0.05, 0) is 76.7 Å². The predicted molar refractivity (Wildman–Crippen MR) is 179 cm³/mol.